The van der Waals surface area contributed by atoms with Gasteiger partial charge in [-0.2, -0.15) is 13.2 Å². The molecule has 1 aromatic rings. The van der Waals surface area contributed by atoms with Crippen LogP contribution in [-0.4, -0.2) is 16.1 Å². The Kier molecular flexibility index (Phi) is 3.88. The van der Waals surface area contributed by atoms with Crippen molar-refractivity contribution in [2.24, 2.45) is 0 Å². The zero-order valence-electron chi connectivity index (χ0n) is 9.05. The van der Waals surface area contributed by atoms with Crippen LogP contribution in [0.5, 0.6) is 0 Å². The van der Waals surface area contributed by atoms with Crippen LogP contribution < -0.4 is 0 Å². The van der Waals surface area contributed by atoms with Crippen LogP contribution in [0.4, 0.5) is 22.0 Å². The lowest BCUT2D eigenvalue weighted by Crippen LogP contribution is -2.17. The maximum absolute atomic E-state index is 12.6. The quantitative estimate of drug-likeness (QED) is 0.858. The smallest absolute Gasteiger partial charge is 0.433 e. The molecule has 18 heavy (non-hydrogen) atoms. The molecule has 1 N–H and O–H groups in total. The lowest BCUT2D eigenvalue weighted by molar-refractivity contribution is -0.142. The van der Waals surface area contributed by atoms with Gasteiger partial charge in [-0.1, -0.05) is 0 Å². The van der Waals surface area contributed by atoms with Gasteiger partial charge in [0.2, 0.25) is 0 Å². The summed E-state index contributed by atoms with van der Waals surface area (Å²) in [5, 5.41) is 8.53. The van der Waals surface area contributed by atoms with Gasteiger partial charge in [-0.05, 0) is 18.1 Å². The SMILES string of the molecule is Cc1c(C(F)F)cnc(C(F)(F)F)c1CC(=O)O. The predicted molar refractivity (Wildman–Crippen MR) is 50.3 cm³/mol. The van der Waals surface area contributed by atoms with Crippen LogP contribution >= 0.6 is 0 Å². The molecule has 1 heterocycles. The summed E-state index contributed by atoms with van der Waals surface area (Å²) >= 11 is 0. The molecule has 0 aliphatic heterocycles. The molecular weight excluding hydrogens is 261 g/mol. The van der Waals surface area contributed by atoms with E-state index in [9.17, 15) is 26.7 Å². The van der Waals surface area contributed by atoms with Gasteiger partial charge >= 0.3 is 12.1 Å². The van der Waals surface area contributed by atoms with Crippen LogP contribution in [-0.2, 0) is 17.4 Å². The van der Waals surface area contributed by atoms with E-state index in [2.05, 4.69) is 4.98 Å². The van der Waals surface area contributed by atoms with Crippen molar-refractivity contribution in [1.82, 2.24) is 4.98 Å². The van der Waals surface area contributed by atoms with Crippen LogP contribution in [0.3, 0.4) is 0 Å². The van der Waals surface area contributed by atoms with Crippen LogP contribution in [0.2, 0.25) is 0 Å². The van der Waals surface area contributed by atoms with Gasteiger partial charge in [0.1, 0.15) is 5.69 Å². The maximum Gasteiger partial charge on any atom is 0.433 e. The molecule has 3 nitrogen and oxygen atoms in total. The van der Waals surface area contributed by atoms with Crippen LogP contribution in [0.25, 0.3) is 0 Å². The fourth-order valence-electron chi connectivity index (χ4n) is 1.49. The Hall–Kier alpha value is -1.73. The number of rotatable bonds is 3. The summed E-state index contributed by atoms with van der Waals surface area (Å²) in [4.78, 5) is 13.4. The number of carboxylic acid groups (broad SMARTS) is 1. The van der Waals surface area contributed by atoms with Crippen LogP contribution in [0, 0.1) is 6.92 Å². The third-order valence-electron chi connectivity index (χ3n) is 2.34. The molecule has 0 aliphatic rings. The number of carboxylic acids is 1. The van der Waals surface area contributed by atoms with E-state index in [0.29, 0.717) is 6.20 Å². The summed E-state index contributed by atoms with van der Waals surface area (Å²) in [6.45, 7) is 1.02. The fourth-order valence-corrected chi connectivity index (χ4v) is 1.49. The topological polar surface area (TPSA) is 50.2 Å². The van der Waals surface area contributed by atoms with E-state index in [1.807, 2.05) is 0 Å². The number of aromatic nitrogens is 1. The van der Waals surface area contributed by atoms with E-state index < -0.39 is 47.4 Å². The number of pyridine rings is 1. The van der Waals surface area contributed by atoms with Crippen LogP contribution in [0.1, 0.15) is 28.8 Å². The average molecular weight is 269 g/mol. The standard InChI is InChI=1S/C10H8F5NO2/c1-4-5(2-7(17)18)8(10(13,14)15)16-3-6(4)9(11)12/h3,9H,2H2,1H3,(H,17,18). The molecule has 100 valence electrons. The molecule has 1 rings (SSSR count). The fraction of sp³-hybridized carbons (Fsp3) is 0.400. The van der Waals surface area contributed by atoms with Gasteiger partial charge in [-0.25, -0.2) is 8.78 Å². The highest BCUT2D eigenvalue weighted by Crippen LogP contribution is 2.34. The van der Waals surface area contributed by atoms with Crippen molar-refractivity contribution in [2.75, 3.05) is 0 Å². The summed E-state index contributed by atoms with van der Waals surface area (Å²) in [6.07, 6.45) is -8.47. The lowest BCUT2D eigenvalue weighted by atomic mass is 9.99. The second-order valence-corrected chi connectivity index (χ2v) is 3.53. The molecule has 0 spiro atoms. The van der Waals surface area contributed by atoms with Gasteiger partial charge in [-0.15, -0.1) is 0 Å². The number of hydrogen-bond donors (Lipinski definition) is 1. The van der Waals surface area contributed by atoms with E-state index in [1.54, 1.807) is 0 Å². The van der Waals surface area contributed by atoms with E-state index in [-0.39, 0.29) is 0 Å². The molecular formula is C10H8F5NO2. The largest absolute Gasteiger partial charge is 0.481 e. The zero-order chi connectivity index (χ0) is 14.1. The first-order valence-electron chi connectivity index (χ1n) is 4.70. The van der Waals surface area contributed by atoms with Crippen LogP contribution in [0.15, 0.2) is 6.20 Å². The number of alkyl halides is 5. The minimum Gasteiger partial charge on any atom is -0.481 e. The van der Waals surface area contributed by atoms with Crippen molar-refractivity contribution in [1.29, 1.82) is 0 Å². The zero-order valence-corrected chi connectivity index (χ0v) is 9.05. The van der Waals surface area contributed by atoms with Gasteiger partial charge < -0.3 is 5.11 Å². The van der Waals surface area contributed by atoms with Gasteiger partial charge in [0.05, 0.1) is 6.42 Å². The Labute approximate surface area is 98.3 Å². The van der Waals surface area contributed by atoms with E-state index in [4.69, 9.17) is 5.11 Å². The molecule has 0 atom stereocenters. The number of hydrogen-bond acceptors (Lipinski definition) is 2. The Morgan fingerprint density at radius 2 is 2.00 bits per heavy atom. The Bertz CT molecular complexity index is 470. The normalized spacial score (nSPS) is 11.9. The van der Waals surface area contributed by atoms with Gasteiger partial charge in [0.25, 0.3) is 6.43 Å². The maximum atomic E-state index is 12.6. The molecule has 0 aliphatic carbocycles. The van der Waals surface area contributed by atoms with Crippen molar-refractivity contribution in [3.05, 3.63) is 28.6 Å². The molecule has 8 heteroatoms. The average Bonchev–Trinajstić information content (AvgIpc) is 2.17. The highest BCUT2D eigenvalue weighted by atomic mass is 19.4. The molecule has 0 saturated carbocycles. The summed E-state index contributed by atoms with van der Waals surface area (Å²) in [5.74, 6) is -1.54. The summed E-state index contributed by atoms with van der Waals surface area (Å²) in [5.41, 5.74) is -3.26. The van der Waals surface area contributed by atoms with E-state index in [0.717, 1.165) is 6.92 Å². The first-order valence-corrected chi connectivity index (χ1v) is 4.70. The van der Waals surface area contributed by atoms with Crippen molar-refractivity contribution in [2.45, 2.75) is 25.9 Å². The molecule has 0 fully saturated rings. The Balaban J connectivity index is 3.46. The van der Waals surface area contributed by atoms with Crippen molar-refractivity contribution in [3.8, 4) is 0 Å². The first-order chi connectivity index (χ1) is 8.14. The van der Waals surface area contributed by atoms with E-state index in [1.165, 1.54) is 0 Å². The molecule has 0 radical (unpaired) electrons. The molecule has 1 aromatic heterocycles. The third-order valence-corrected chi connectivity index (χ3v) is 2.34. The van der Waals surface area contributed by atoms with Gasteiger partial charge in [-0.3, -0.25) is 9.78 Å². The second-order valence-electron chi connectivity index (χ2n) is 3.53. The van der Waals surface area contributed by atoms with E-state index >= 15 is 0 Å². The minimum atomic E-state index is -4.88. The van der Waals surface area contributed by atoms with Crippen molar-refractivity contribution < 1.29 is 31.9 Å². The Morgan fingerprint density at radius 3 is 2.39 bits per heavy atom. The monoisotopic (exact) mass is 269 g/mol. The summed E-state index contributed by atoms with van der Waals surface area (Å²) in [7, 11) is 0. The number of aliphatic carboxylic acids is 1. The lowest BCUT2D eigenvalue weighted by Gasteiger charge is -2.15. The minimum absolute atomic E-state index is 0.394. The van der Waals surface area contributed by atoms with Gasteiger partial charge in [0, 0.05) is 11.8 Å². The number of carbonyl (C=O) groups is 1. The highest BCUT2D eigenvalue weighted by Gasteiger charge is 2.37. The molecule has 0 saturated heterocycles. The number of halogens is 5. The molecule has 0 bridgehead atoms. The number of nitrogens with zero attached hydrogens (tertiary/aromatic N) is 1. The Morgan fingerprint density at radius 1 is 1.44 bits per heavy atom. The molecule has 0 aromatic carbocycles. The second kappa shape index (κ2) is 4.87. The highest BCUT2D eigenvalue weighted by molar-refractivity contribution is 5.71. The molecule has 0 amide bonds. The summed E-state index contributed by atoms with van der Waals surface area (Å²) in [6, 6.07) is 0. The van der Waals surface area contributed by atoms with Crippen molar-refractivity contribution in [3.63, 3.8) is 0 Å². The summed E-state index contributed by atoms with van der Waals surface area (Å²) < 4.78 is 62.7. The first kappa shape index (κ1) is 14.3. The third kappa shape index (κ3) is 2.93. The predicted octanol–water partition coefficient (Wildman–Crippen LogP) is 2.97. The van der Waals surface area contributed by atoms with Crippen molar-refractivity contribution >= 4 is 5.97 Å². The van der Waals surface area contributed by atoms with Gasteiger partial charge in [0.15, 0.2) is 0 Å². The molecule has 0 unspecified atom stereocenters.